The van der Waals surface area contributed by atoms with Crippen LogP contribution in [0.5, 0.6) is 0 Å². The molecule has 2 aromatic carbocycles. The van der Waals surface area contributed by atoms with E-state index in [2.05, 4.69) is 15.8 Å². The number of benzene rings is 2. The highest BCUT2D eigenvalue weighted by molar-refractivity contribution is 6.39. The van der Waals surface area contributed by atoms with Crippen LogP contribution in [0.2, 0.25) is 0 Å². The Labute approximate surface area is 195 Å². The number of rotatable bonds is 5. The van der Waals surface area contributed by atoms with Crippen molar-refractivity contribution in [1.82, 2.24) is 19.4 Å². The fourth-order valence-corrected chi connectivity index (χ4v) is 3.51. The Morgan fingerprint density at radius 1 is 0.853 bits per heavy atom. The summed E-state index contributed by atoms with van der Waals surface area (Å²) in [6, 6.07) is 20.5. The van der Waals surface area contributed by atoms with Gasteiger partial charge >= 0.3 is 11.8 Å². The Bertz CT molecular complexity index is 1410. The lowest BCUT2D eigenvalue weighted by atomic mass is 10.1. The maximum atomic E-state index is 12.9. The van der Waals surface area contributed by atoms with Crippen molar-refractivity contribution >= 4 is 23.2 Å². The van der Waals surface area contributed by atoms with Crippen molar-refractivity contribution in [2.45, 2.75) is 13.8 Å². The summed E-state index contributed by atoms with van der Waals surface area (Å²) in [5.74, 6) is -1.96. The molecule has 0 unspecified atom stereocenters. The van der Waals surface area contributed by atoms with E-state index >= 15 is 0 Å². The third-order valence-corrected chi connectivity index (χ3v) is 5.51. The average molecular weight is 457 g/mol. The first-order valence-corrected chi connectivity index (χ1v) is 10.6. The van der Waals surface area contributed by atoms with Gasteiger partial charge in [0.2, 0.25) is 0 Å². The quantitative estimate of drug-likeness (QED) is 0.274. The van der Waals surface area contributed by atoms with Crippen LogP contribution in [0.25, 0.3) is 11.4 Å². The number of anilines is 1. The lowest BCUT2D eigenvalue weighted by Gasteiger charge is -2.07. The summed E-state index contributed by atoms with van der Waals surface area (Å²) in [4.78, 5) is 37.7. The van der Waals surface area contributed by atoms with Crippen LogP contribution in [0, 0.1) is 6.92 Å². The summed E-state index contributed by atoms with van der Waals surface area (Å²) in [6.07, 6.45) is 3.88. The van der Waals surface area contributed by atoms with Gasteiger partial charge in [-0.2, -0.15) is 5.10 Å². The number of nitrogens with one attached hydrogen (secondary N) is 2. The molecule has 4 aromatic rings. The van der Waals surface area contributed by atoms with E-state index < -0.39 is 17.4 Å². The molecule has 0 aliphatic carbocycles. The van der Waals surface area contributed by atoms with E-state index in [1.807, 2.05) is 71.6 Å². The van der Waals surface area contributed by atoms with Crippen LogP contribution >= 0.6 is 0 Å². The summed E-state index contributed by atoms with van der Waals surface area (Å²) in [7, 11) is 1.70. The van der Waals surface area contributed by atoms with Gasteiger partial charge < -0.3 is 9.88 Å². The molecule has 4 rings (SSSR count). The standard InChI is InChI=1S/C25H24N6O3/c1-17(19-11-13-20(14-12-19)30-15-7-8-16-30)27-28-24(33)23(32)26-22-18(2)29(3)31(25(22)34)21-9-5-4-6-10-21/h4-16H,1-3H3,(H,26,32)(H,28,33)/b27-17+. The Hall–Kier alpha value is -4.66. The third kappa shape index (κ3) is 4.44. The zero-order chi connectivity index (χ0) is 24.2. The molecule has 172 valence electrons. The highest BCUT2D eigenvalue weighted by atomic mass is 16.2. The fraction of sp³-hybridized carbons (Fsp3) is 0.120. The molecule has 2 heterocycles. The van der Waals surface area contributed by atoms with Crippen molar-refractivity contribution in [2.24, 2.45) is 12.1 Å². The second-order valence-corrected chi connectivity index (χ2v) is 7.67. The molecule has 0 spiro atoms. The van der Waals surface area contributed by atoms with Gasteiger partial charge in [-0.25, -0.2) is 10.1 Å². The molecule has 0 aliphatic rings. The molecule has 2 aromatic heterocycles. The minimum atomic E-state index is -0.981. The number of aromatic nitrogens is 3. The van der Waals surface area contributed by atoms with Crippen LogP contribution < -0.4 is 16.3 Å². The van der Waals surface area contributed by atoms with Crippen LogP contribution in [0.1, 0.15) is 18.2 Å². The number of carbonyl (C=O) groups is 2. The molecule has 9 nitrogen and oxygen atoms in total. The molecule has 0 saturated carbocycles. The second-order valence-electron chi connectivity index (χ2n) is 7.67. The maximum Gasteiger partial charge on any atom is 0.329 e. The van der Waals surface area contributed by atoms with Crippen molar-refractivity contribution < 1.29 is 9.59 Å². The topological polar surface area (TPSA) is 102 Å². The van der Waals surface area contributed by atoms with Gasteiger partial charge in [0.1, 0.15) is 5.69 Å². The van der Waals surface area contributed by atoms with Gasteiger partial charge in [-0.15, -0.1) is 0 Å². The van der Waals surface area contributed by atoms with Gasteiger partial charge in [0.15, 0.2) is 0 Å². The fourth-order valence-electron chi connectivity index (χ4n) is 3.51. The molecular formula is C25H24N6O3. The molecule has 0 saturated heterocycles. The van der Waals surface area contributed by atoms with Gasteiger partial charge in [-0.3, -0.25) is 19.1 Å². The van der Waals surface area contributed by atoms with Crippen molar-refractivity contribution in [1.29, 1.82) is 0 Å². The van der Waals surface area contributed by atoms with E-state index in [-0.39, 0.29) is 5.69 Å². The molecule has 0 atom stereocenters. The summed E-state index contributed by atoms with van der Waals surface area (Å²) < 4.78 is 5.01. The Morgan fingerprint density at radius 3 is 2.15 bits per heavy atom. The molecule has 0 bridgehead atoms. The van der Waals surface area contributed by atoms with E-state index in [0.717, 1.165) is 11.3 Å². The van der Waals surface area contributed by atoms with Gasteiger partial charge in [0.05, 0.1) is 17.1 Å². The normalized spacial score (nSPS) is 11.3. The number of carbonyl (C=O) groups excluding carboxylic acids is 2. The first-order chi connectivity index (χ1) is 16.4. The van der Waals surface area contributed by atoms with Crippen LogP contribution in [-0.4, -0.2) is 31.5 Å². The predicted molar refractivity (Wildman–Crippen MR) is 130 cm³/mol. The van der Waals surface area contributed by atoms with E-state index in [4.69, 9.17) is 0 Å². The van der Waals surface area contributed by atoms with Crippen LogP contribution in [0.4, 0.5) is 5.69 Å². The summed E-state index contributed by atoms with van der Waals surface area (Å²) >= 11 is 0. The number of nitrogens with zero attached hydrogens (tertiary/aromatic N) is 4. The van der Waals surface area contributed by atoms with Gasteiger partial charge in [0, 0.05) is 25.1 Å². The molecule has 2 amide bonds. The van der Waals surface area contributed by atoms with E-state index in [1.54, 1.807) is 37.7 Å². The number of para-hydroxylation sites is 1. The van der Waals surface area contributed by atoms with Crippen molar-refractivity contribution in [3.8, 4) is 11.4 Å². The zero-order valence-electron chi connectivity index (χ0n) is 19.0. The Balaban J connectivity index is 1.45. The zero-order valence-corrected chi connectivity index (χ0v) is 19.0. The van der Waals surface area contributed by atoms with Crippen molar-refractivity contribution in [3.63, 3.8) is 0 Å². The number of hydrazone groups is 1. The van der Waals surface area contributed by atoms with Crippen molar-refractivity contribution in [3.05, 3.63) is 101 Å². The van der Waals surface area contributed by atoms with Crippen LogP contribution in [0.15, 0.2) is 89.0 Å². The average Bonchev–Trinajstić information content (AvgIpc) is 3.47. The highest BCUT2D eigenvalue weighted by Crippen LogP contribution is 2.14. The molecule has 9 heteroatoms. The Kier molecular flexibility index (Phi) is 6.26. The number of amides is 2. The van der Waals surface area contributed by atoms with Gasteiger partial charge in [-0.1, -0.05) is 30.3 Å². The lowest BCUT2D eigenvalue weighted by Crippen LogP contribution is -2.34. The van der Waals surface area contributed by atoms with E-state index in [9.17, 15) is 14.4 Å². The van der Waals surface area contributed by atoms with Crippen molar-refractivity contribution in [2.75, 3.05) is 5.32 Å². The summed E-state index contributed by atoms with van der Waals surface area (Å²) in [6.45, 7) is 3.41. The monoisotopic (exact) mass is 456 g/mol. The molecule has 2 N–H and O–H groups in total. The summed E-state index contributed by atoms with van der Waals surface area (Å²) in [5, 5.41) is 6.44. The minimum Gasteiger partial charge on any atom is -0.324 e. The minimum absolute atomic E-state index is 0.0350. The van der Waals surface area contributed by atoms with E-state index in [0.29, 0.717) is 17.1 Å². The number of hydrogen-bond acceptors (Lipinski definition) is 4. The highest BCUT2D eigenvalue weighted by Gasteiger charge is 2.21. The smallest absolute Gasteiger partial charge is 0.324 e. The summed E-state index contributed by atoms with van der Waals surface area (Å²) in [5.41, 5.74) is 5.32. The first kappa shape index (κ1) is 22.5. The predicted octanol–water partition coefficient (Wildman–Crippen LogP) is 2.75. The molecule has 34 heavy (non-hydrogen) atoms. The first-order valence-electron chi connectivity index (χ1n) is 10.6. The van der Waals surface area contributed by atoms with Gasteiger partial charge in [-0.05, 0) is 55.8 Å². The Morgan fingerprint density at radius 2 is 1.50 bits per heavy atom. The van der Waals surface area contributed by atoms with E-state index in [1.165, 1.54) is 4.68 Å². The molecule has 0 aliphatic heterocycles. The molecule has 0 fully saturated rings. The molecule has 0 radical (unpaired) electrons. The SMILES string of the molecule is C/C(=N\NC(=O)C(=O)Nc1c(C)n(C)n(-c2ccccc2)c1=O)c1ccc(-n2cccc2)cc1. The van der Waals surface area contributed by atoms with Crippen LogP contribution in [0.3, 0.4) is 0 Å². The largest absolute Gasteiger partial charge is 0.329 e. The van der Waals surface area contributed by atoms with Crippen LogP contribution in [-0.2, 0) is 16.6 Å². The lowest BCUT2D eigenvalue weighted by molar-refractivity contribution is -0.136. The molecular weight excluding hydrogens is 432 g/mol. The van der Waals surface area contributed by atoms with Gasteiger partial charge in [0.25, 0.3) is 5.56 Å². The maximum absolute atomic E-state index is 12.9. The number of hydrogen-bond donors (Lipinski definition) is 2. The third-order valence-electron chi connectivity index (χ3n) is 5.51. The second kappa shape index (κ2) is 9.45.